The van der Waals surface area contributed by atoms with Gasteiger partial charge in [0, 0.05) is 21.8 Å². The number of hydrogen-bond donors (Lipinski definition) is 1. The van der Waals surface area contributed by atoms with Gasteiger partial charge in [0.15, 0.2) is 17.5 Å². The van der Waals surface area contributed by atoms with Gasteiger partial charge in [0.1, 0.15) is 5.75 Å². The van der Waals surface area contributed by atoms with E-state index >= 15 is 0 Å². The summed E-state index contributed by atoms with van der Waals surface area (Å²) in [6, 6.07) is 32.0. The Morgan fingerprint density at radius 2 is 1.61 bits per heavy atom. The van der Waals surface area contributed by atoms with Crippen LogP contribution >= 0.6 is 11.6 Å². The molecule has 3 heterocycles. The number of hydrogen-bond acceptors (Lipinski definition) is 6. The van der Waals surface area contributed by atoms with E-state index in [-0.39, 0.29) is 6.04 Å². The van der Waals surface area contributed by atoms with Crippen LogP contribution in [0.4, 0.5) is 22.9 Å². The van der Waals surface area contributed by atoms with Crippen LogP contribution in [-0.4, -0.2) is 28.6 Å². The van der Waals surface area contributed by atoms with Gasteiger partial charge in [0.2, 0.25) is 0 Å². The van der Waals surface area contributed by atoms with Crippen molar-refractivity contribution in [3.63, 3.8) is 0 Å². The first-order valence-corrected chi connectivity index (χ1v) is 13.8. The Hall–Kier alpha value is -4.88. The van der Waals surface area contributed by atoms with Gasteiger partial charge in [-0.15, -0.1) is 0 Å². The molecule has 202 valence electrons. The van der Waals surface area contributed by atoms with Crippen LogP contribution in [0.5, 0.6) is 5.75 Å². The van der Waals surface area contributed by atoms with Gasteiger partial charge in [-0.2, -0.15) is 5.10 Å². The summed E-state index contributed by atoms with van der Waals surface area (Å²) in [6.45, 7) is 4.03. The SMILES string of the molecule is COc1ccccc1[C@@H]1c2c(C)nn(-c3ccccc3)c2N=C2C(Nc3ccc(C)c(Cl)c3)=Nc3ccccc3N21. The molecule has 2 aliphatic heterocycles. The quantitative estimate of drug-likeness (QED) is 0.243. The second-order valence-corrected chi connectivity index (χ2v) is 10.5. The topological polar surface area (TPSA) is 67.0 Å². The number of nitrogens with zero attached hydrogens (tertiary/aromatic N) is 5. The second-order valence-electron chi connectivity index (χ2n) is 10.1. The Kier molecular flexibility index (Phi) is 6.09. The molecule has 41 heavy (non-hydrogen) atoms. The fourth-order valence-electron chi connectivity index (χ4n) is 5.54. The highest BCUT2D eigenvalue weighted by Crippen LogP contribution is 2.49. The lowest BCUT2D eigenvalue weighted by atomic mass is 9.92. The number of amidine groups is 2. The van der Waals surface area contributed by atoms with Crippen LogP contribution in [0.1, 0.15) is 28.4 Å². The van der Waals surface area contributed by atoms with Gasteiger partial charge in [0.25, 0.3) is 0 Å². The molecule has 0 amide bonds. The molecule has 0 unspecified atom stereocenters. The van der Waals surface area contributed by atoms with Gasteiger partial charge < -0.3 is 15.0 Å². The van der Waals surface area contributed by atoms with Gasteiger partial charge >= 0.3 is 0 Å². The van der Waals surface area contributed by atoms with E-state index in [9.17, 15) is 0 Å². The number of benzene rings is 4. The molecule has 0 saturated heterocycles. The predicted molar refractivity (Wildman–Crippen MR) is 166 cm³/mol. The van der Waals surface area contributed by atoms with Crippen molar-refractivity contribution in [2.24, 2.45) is 9.98 Å². The summed E-state index contributed by atoms with van der Waals surface area (Å²) < 4.78 is 7.82. The molecular formula is C33H27ClN6O. The van der Waals surface area contributed by atoms with Crippen molar-refractivity contribution in [3.05, 3.63) is 124 Å². The Morgan fingerprint density at radius 1 is 0.854 bits per heavy atom. The van der Waals surface area contributed by atoms with Crippen molar-refractivity contribution in [1.29, 1.82) is 0 Å². The third-order valence-electron chi connectivity index (χ3n) is 7.51. The minimum absolute atomic E-state index is 0.277. The maximum Gasteiger partial charge on any atom is 0.179 e. The molecule has 1 aromatic heterocycles. The van der Waals surface area contributed by atoms with Crippen molar-refractivity contribution >= 4 is 46.2 Å². The van der Waals surface area contributed by atoms with Crippen LogP contribution in [0.2, 0.25) is 5.02 Å². The zero-order valence-electron chi connectivity index (χ0n) is 22.8. The Morgan fingerprint density at radius 3 is 2.41 bits per heavy atom. The van der Waals surface area contributed by atoms with Crippen molar-refractivity contribution in [3.8, 4) is 11.4 Å². The number of methoxy groups -OCH3 is 1. The summed E-state index contributed by atoms with van der Waals surface area (Å²) in [5, 5.41) is 9.20. The van der Waals surface area contributed by atoms with Crippen molar-refractivity contribution in [2.75, 3.05) is 17.3 Å². The summed E-state index contributed by atoms with van der Waals surface area (Å²) >= 11 is 6.50. The number of para-hydroxylation sites is 4. The third-order valence-corrected chi connectivity index (χ3v) is 7.91. The molecule has 7 nitrogen and oxygen atoms in total. The molecule has 4 aromatic carbocycles. The Labute approximate surface area is 243 Å². The van der Waals surface area contributed by atoms with E-state index in [0.717, 1.165) is 56.7 Å². The minimum Gasteiger partial charge on any atom is -0.496 e. The summed E-state index contributed by atoms with van der Waals surface area (Å²) in [7, 11) is 1.71. The van der Waals surface area contributed by atoms with Crippen LogP contribution in [0, 0.1) is 13.8 Å². The number of halogens is 1. The summed E-state index contributed by atoms with van der Waals surface area (Å²) in [5.74, 6) is 2.84. The first-order chi connectivity index (χ1) is 20.0. The lowest BCUT2D eigenvalue weighted by Gasteiger charge is -2.41. The number of anilines is 2. The number of aromatic nitrogens is 2. The monoisotopic (exact) mass is 558 g/mol. The van der Waals surface area contributed by atoms with E-state index in [4.69, 9.17) is 31.4 Å². The zero-order chi connectivity index (χ0) is 28.1. The summed E-state index contributed by atoms with van der Waals surface area (Å²) in [5.41, 5.74) is 7.46. The maximum atomic E-state index is 6.50. The molecule has 2 aliphatic rings. The largest absolute Gasteiger partial charge is 0.496 e. The van der Waals surface area contributed by atoms with E-state index < -0.39 is 0 Å². The van der Waals surface area contributed by atoms with E-state index in [0.29, 0.717) is 16.7 Å². The smallest absolute Gasteiger partial charge is 0.179 e. The fourth-order valence-corrected chi connectivity index (χ4v) is 5.72. The second kappa shape index (κ2) is 9.94. The summed E-state index contributed by atoms with van der Waals surface area (Å²) in [6.07, 6.45) is 0. The van der Waals surface area contributed by atoms with Crippen molar-refractivity contribution in [1.82, 2.24) is 9.78 Å². The molecule has 1 N–H and O–H groups in total. The number of aliphatic imine (C=N–C) groups is 2. The number of fused-ring (bicyclic) bond motifs is 4. The molecule has 0 fully saturated rings. The van der Waals surface area contributed by atoms with Gasteiger partial charge in [-0.25, -0.2) is 14.7 Å². The van der Waals surface area contributed by atoms with Crippen LogP contribution in [0.3, 0.4) is 0 Å². The van der Waals surface area contributed by atoms with Gasteiger partial charge in [-0.3, -0.25) is 0 Å². The van der Waals surface area contributed by atoms with Crippen molar-refractivity contribution in [2.45, 2.75) is 19.9 Å². The maximum absolute atomic E-state index is 6.50. The summed E-state index contributed by atoms with van der Waals surface area (Å²) in [4.78, 5) is 12.6. The van der Waals surface area contributed by atoms with E-state index in [1.165, 1.54) is 0 Å². The standard InChI is InChI=1S/C33H27ClN6O/c1-20-17-18-22(19-25(20)34)35-31-33-37-32-29(21(2)38-40(32)23-11-5-4-6-12-23)30(24-13-7-10-16-28(24)41-3)39(33)27-15-9-8-14-26(27)36-31/h4-19,30H,1-3H3,(H,35,36)/t30-/m1/s1. The van der Waals surface area contributed by atoms with E-state index in [1.807, 2.05) is 103 Å². The van der Waals surface area contributed by atoms with Crippen LogP contribution in [0.15, 0.2) is 107 Å². The fraction of sp³-hybridized carbons (Fsp3) is 0.121. The lowest BCUT2D eigenvalue weighted by Crippen LogP contribution is -2.46. The normalized spacial score (nSPS) is 15.3. The molecule has 5 aromatic rings. The molecule has 8 heteroatoms. The number of ether oxygens (including phenoxy) is 1. The first-order valence-electron chi connectivity index (χ1n) is 13.4. The average Bonchev–Trinajstić information content (AvgIpc) is 3.34. The lowest BCUT2D eigenvalue weighted by molar-refractivity contribution is 0.407. The molecule has 0 bridgehead atoms. The predicted octanol–water partition coefficient (Wildman–Crippen LogP) is 7.95. The van der Waals surface area contributed by atoms with Crippen LogP contribution in [-0.2, 0) is 0 Å². The molecule has 0 saturated carbocycles. The first kappa shape index (κ1) is 25.1. The minimum atomic E-state index is -0.277. The molecule has 1 atom stereocenters. The Bertz CT molecular complexity index is 1860. The zero-order valence-corrected chi connectivity index (χ0v) is 23.6. The molecular weight excluding hydrogens is 532 g/mol. The van der Waals surface area contributed by atoms with Crippen LogP contribution < -0.4 is 15.0 Å². The number of aryl methyl sites for hydroxylation is 2. The highest BCUT2D eigenvalue weighted by Gasteiger charge is 2.42. The third kappa shape index (κ3) is 4.17. The van der Waals surface area contributed by atoms with E-state index in [2.05, 4.69) is 22.3 Å². The van der Waals surface area contributed by atoms with Gasteiger partial charge in [-0.05, 0) is 61.9 Å². The number of rotatable bonds is 4. The number of nitrogens with one attached hydrogen (secondary N) is 1. The highest BCUT2D eigenvalue weighted by atomic mass is 35.5. The van der Waals surface area contributed by atoms with E-state index in [1.54, 1.807) is 7.11 Å². The molecule has 0 spiro atoms. The van der Waals surface area contributed by atoms with Gasteiger partial charge in [-0.1, -0.05) is 66.2 Å². The van der Waals surface area contributed by atoms with Crippen LogP contribution in [0.25, 0.3) is 5.69 Å². The average molecular weight is 559 g/mol. The van der Waals surface area contributed by atoms with Gasteiger partial charge in [0.05, 0.1) is 35.9 Å². The molecule has 7 rings (SSSR count). The Balaban J connectivity index is 1.51. The molecule has 0 radical (unpaired) electrons. The van der Waals surface area contributed by atoms with Crippen molar-refractivity contribution < 1.29 is 4.74 Å². The molecule has 0 aliphatic carbocycles. The highest BCUT2D eigenvalue weighted by molar-refractivity contribution is 6.51.